The Morgan fingerprint density at radius 2 is 1.73 bits per heavy atom. The summed E-state index contributed by atoms with van der Waals surface area (Å²) in [5.74, 6) is -0.498. The van der Waals surface area contributed by atoms with E-state index in [1.54, 1.807) is 37.5 Å². The number of carbonyl (C=O) groups is 2. The quantitative estimate of drug-likeness (QED) is 0.347. The number of alkyl halides is 3. The number of rotatable bonds is 5. The zero-order chi connectivity index (χ0) is 23.8. The third kappa shape index (κ3) is 4.99. The molecule has 0 bridgehead atoms. The van der Waals surface area contributed by atoms with E-state index in [1.165, 1.54) is 24.3 Å². The van der Waals surface area contributed by atoms with Gasteiger partial charge in [-0.15, -0.1) is 0 Å². The molecule has 1 N–H and O–H groups in total. The molecule has 0 saturated carbocycles. The number of halogens is 4. The number of aromatic nitrogens is 1. The SMILES string of the molecule is CC1(Cc2ccncc2-c2ccc(Cl)cc2)NC(=O)N(c2ccc(SC(F)(F)F)cc2)C1=O. The lowest BCUT2D eigenvalue weighted by molar-refractivity contribution is -0.121. The second kappa shape index (κ2) is 8.72. The van der Waals surface area contributed by atoms with Crippen LogP contribution in [-0.2, 0) is 11.2 Å². The van der Waals surface area contributed by atoms with Crippen LogP contribution in [0.4, 0.5) is 23.7 Å². The van der Waals surface area contributed by atoms with Gasteiger partial charge in [-0.3, -0.25) is 9.78 Å². The third-order valence-electron chi connectivity index (χ3n) is 5.20. The first-order valence-electron chi connectivity index (χ1n) is 9.77. The number of benzene rings is 2. The molecule has 3 aromatic rings. The smallest absolute Gasteiger partial charge is 0.323 e. The first kappa shape index (κ1) is 23.1. The number of hydrogen-bond acceptors (Lipinski definition) is 4. The van der Waals surface area contributed by atoms with Crippen LogP contribution in [-0.4, -0.2) is 28.0 Å². The lowest BCUT2D eigenvalue weighted by Gasteiger charge is -2.23. The second-order valence-corrected chi connectivity index (χ2v) is 9.24. The minimum Gasteiger partial charge on any atom is -0.323 e. The summed E-state index contributed by atoms with van der Waals surface area (Å²) in [4.78, 5) is 31.0. The number of anilines is 1. The molecule has 10 heteroatoms. The predicted octanol–water partition coefficient (Wildman–Crippen LogP) is 6.07. The van der Waals surface area contributed by atoms with Gasteiger partial charge in [0.2, 0.25) is 0 Å². The van der Waals surface area contributed by atoms with Gasteiger partial charge in [0.15, 0.2) is 0 Å². The molecule has 0 spiro atoms. The van der Waals surface area contributed by atoms with Crippen molar-refractivity contribution in [2.75, 3.05) is 4.90 Å². The average molecular weight is 492 g/mol. The largest absolute Gasteiger partial charge is 0.446 e. The molecule has 2 aromatic carbocycles. The van der Waals surface area contributed by atoms with E-state index >= 15 is 0 Å². The van der Waals surface area contributed by atoms with Gasteiger partial charge in [0.25, 0.3) is 5.91 Å². The number of nitrogens with zero attached hydrogens (tertiary/aromatic N) is 2. The normalized spacial score (nSPS) is 18.5. The number of urea groups is 1. The van der Waals surface area contributed by atoms with Crippen molar-refractivity contribution in [2.45, 2.75) is 29.3 Å². The van der Waals surface area contributed by atoms with E-state index < -0.39 is 23.0 Å². The molecule has 1 aliphatic heterocycles. The van der Waals surface area contributed by atoms with Crippen molar-refractivity contribution in [2.24, 2.45) is 0 Å². The van der Waals surface area contributed by atoms with Crippen LogP contribution in [0, 0.1) is 0 Å². The van der Waals surface area contributed by atoms with Gasteiger partial charge in [0, 0.05) is 34.3 Å². The highest BCUT2D eigenvalue weighted by Crippen LogP contribution is 2.38. The number of imide groups is 1. The Bertz CT molecular complexity index is 1200. The lowest BCUT2D eigenvalue weighted by Crippen LogP contribution is -2.46. The van der Waals surface area contributed by atoms with Crippen molar-refractivity contribution in [3.63, 3.8) is 0 Å². The Morgan fingerprint density at radius 3 is 2.36 bits per heavy atom. The first-order valence-corrected chi connectivity index (χ1v) is 11.0. The van der Waals surface area contributed by atoms with E-state index in [0.717, 1.165) is 21.6 Å². The molecular formula is C23H17ClF3N3O2S. The molecule has 0 radical (unpaired) electrons. The molecule has 1 atom stereocenters. The molecule has 1 fully saturated rings. The van der Waals surface area contributed by atoms with E-state index in [2.05, 4.69) is 10.3 Å². The van der Waals surface area contributed by atoms with E-state index in [0.29, 0.717) is 5.02 Å². The molecule has 2 heterocycles. The zero-order valence-corrected chi connectivity index (χ0v) is 18.8. The maximum Gasteiger partial charge on any atom is 0.446 e. The average Bonchev–Trinajstić information content (AvgIpc) is 2.97. The van der Waals surface area contributed by atoms with Crippen LogP contribution in [0.15, 0.2) is 71.9 Å². The van der Waals surface area contributed by atoms with E-state index in [1.807, 2.05) is 12.1 Å². The van der Waals surface area contributed by atoms with Gasteiger partial charge in [-0.1, -0.05) is 23.7 Å². The molecule has 1 aromatic heterocycles. The van der Waals surface area contributed by atoms with Crippen molar-refractivity contribution in [1.82, 2.24) is 10.3 Å². The fourth-order valence-corrected chi connectivity index (χ4v) is 4.35. The summed E-state index contributed by atoms with van der Waals surface area (Å²) in [6.45, 7) is 1.62. The molecule has 1 aliphatic rings. The topological polar surface area (TPSA) is 62.3 Å². The predicted molar refractivity (Wildman–Crippen MR) is 121 cm³/mol. The Labute approximate surface area is 197 Å². The molecule has 1 saturated heterocycles. The fraction of sp³-hybridized carbons (Fsp3) is 0.174. The van der Waals surface area contributed by atoms with Crippen LogP contribution in [0.25, 0.3) is 11.1 Å². The first-order chi connectivity index (χ1) is 15.6. The van der Waals surface area contributed by atoms with Gasteiger partial charge in [-0.2, -0.15) is 13.2 Å². The summed E-state index contributed by atoms with van der Waals surface area (Å²) in [5, 5.41) is 3.32. The van der Waals surface area contributed by atoms with Crippen LogP contribution >= 0.6 is 23.4 Å². The molecule has 4 rings (SSSR count). The lowest BCUT2D eigenvalue weighted by atomic mass is 9.89. The highest BCUT2D eigenvalue weighted by molar-refractivity contribution is 8.00. The van der Waals surface area contributed by atoms with Gasteiger partial charge in [-0.25, -0.2) is 9.69 Å². The van der Waals surface area contributed by atoms with Gasteiger partial charge in [-0.05, 0) is 72.3 Å². The minimum atomic E-state index is -4.42. The van der Waals surface area contributed by atoms with Crippen molar-refractivity contribution in [3.8, 4) is 11.1 Å². The van der Waals surface area contributed by atoms with Crippen LogP contribution in [0.3, 0.4) is 0 Å². The maximum atomic E-state index is 13.3. The number of carbonyl (C=O) groups excluding carboxylic acids is 2. The number of hydrogen-bond donors (Lipinski definition) is 1. The van der Waals surface area contributed by atoms with Gasteiger partial charge in [0.1, 0.15) is 5.54 Å². The zero-order valence-electron chi connectivity index (χ0n) is 17.2. The molecule has 33 heavy (non-hydrogen) atoms. The summed E-state index contributed by atoms with van der Waals surface area (Å²) in [5.41, 5.74) is -3.03. The summed E-state index contributed by atoms with van der Waals surface area (Å²) >= 11 is 5.72. The summed E-state index contributed by atoms with van der Waals surface area (Å²) in [6, 6.07) is 13.4. The van der Waals surface area contributed by atoms with Gasteiger partial charge < -0.3 is 5.32 Å². The molecular weight excluding hydrogens is 475 g/mol. The number of pyridine rings is 1. The Balaban J connectivity index is 1.59. The van der Waals surface area contributed by atoms with E-state index in [4.69, 9.17) is 11.6 Å². The minimum absolute atomic E-state index is 0.0366. The highest BCUT2D eigenvalue weighted by atomic mass is 35.5. The van der Waals surface area contributed by atoms with E-state index in [9.17, 15) is 22.8 Å². The number of thioether (sulfide) groups is 1. The van der Waals surface area contributed by atoms with Crippen molar-refractivity contribution in [3.05, 3.63) is 77.6 Å². The van der Waals surface area contributed by atoms with Crippen molar-refractivity contribution < 1.29 is 22.8 Å². The molecule has 3 amide bonds. The maximum absolute atomic E-state index is 13.3. The molecule has 1 unspecified atom stereocenters. The Hall–Kier alpha value is -3.04. The van der Waals surface area contributed by atoms with Gasteiger partial charge >= 0.3 is 11.5 Å². The fourth-order valence-electron chi connectivity index (χ4n) is 3.68. The van der Waals surface area contributed by atoms with Crippen molar-refractivity contribution >= 4 is 41.0 Å². The number of nitrogens with one attached hydrogen (secondary N) is 1. The van der Waals surface area contributed by atoms with Crippen LogP contribution in [0.2, 0.25) is 5.02 Å². The second-order valence-electron chi connectivity index (χ2n) is 7.66. The molecule has 0 aliphatic carbocycles. The van der Waals surface area contributed by atoms with E-state index in [-0.39, 0.29) is 28.8 Å². The van der Waals surface area contributed by atoms with Crippen LogP contribution in [0.1, 0.15) is 12.5 Å². The van der Waals surface area contributed by atoms with Crippen LogP contribution < -0.4 is 10.2 Å². The summed E-state index contributed by atoms with van der Waals surface area (Å²) in [6.07, 6.45) is 3.47. The van der Waals surface area contributed by atoms with Gasteiger partial charge in [0.05, 0.1) is 5.69 Å². The highest BCUT2D eigenvalue weighted by Gasteiger charge is 2.48. The summed E-state index contributed by atoms with van der Waals surface area (Å²) in [7, 11) is 0. The van der Waals surface area contributed by atoms with Crippen molar-refractivity contribution in [1.29, 1.82) is 0 Å². The molecule has 5 nitrogen and oxygen atoms in total. The molecule has 170 valence electrons. The number of amides is 3. The third-order valence-corrected chi connectivity index (χ3v) is 6.19. The standard InChI is InChI=1S/C23H17ClF3N3O2S/c1-22(12-15-10-11-28-13-19(15)14-2-4-16(24)5-3-14)20(31)30(21(32)29-22)17-6-8-18(9-7-17)33-23(25,26)27/h2-11,13H,12H2,1H3,(H,29,32). The van der Waals surface area contributed by atoms with Crippen LogP contribution in [0.5, 0.6) is 0 Å². The Kier molecular flexibility index (Phi) is 6.11. The monoisotopic (exact) mass is 491 g/mol. The summed E-state index contributed by atoms with van der Waals surface area (Å²) < 4.78 is 37.7. The Morgan fingerprint density at radius 1 is 1.06 bits per heavy atom.